The average molecular weight is 392 g/mol. The number of hydrogen-bond donors (Lipinski definition) is 0. The van der Waals surface area contributed by atoms with Crippen LogP contribution in [0.25, 0.3) is 0 Å². The summed E-state index contributed by atoms with van der Waals surface area (Å²) >= 11 is 2.51. The van der Waals surface area contributed by atoms with Crippen LogP contribution in [0.1, 0.15) is 21.9 Å². The zero-order chi connectivity index (χ0) is 18.3. The van der Waals surface area contributed by atoms with Crippen LogP contribution in [0, 0.1) is 11.6 Å². The van der Waals surface area contributed by atoms with Crippen LogP contribution in [0.2, 0.25) is 0 Å². The van der Waals surface area contributed by atoms with Gasteiger partial charge in [0.1, 0.15) is 22.4 Å². The van der Waals surface area contributed by atoms with Crippen molar-refractivity contribution in [1.82, 2.24) is 10.0 Å². The molecular formula is C18H14F2N2O2S2. The van der Waals surface area contributed by atoms with Crippen LogP contribution < -0.4 is 0 Å². The molecule has 8 heteroatoms. The first-order valence-electron chi connectivity index (χ1n) is 7.94. The molecule has 0 spiro atoms. The predicted octanol–water partition coefficient (Wildman–Crippen LogP) is 3.73. The molecule has 0 radical (unpaired) electrons. The molecule has 26 heavy (non-hydrogen) atoms. The minimum Gasteiger partial charge on any atom is -0.272 e. The van der Waals surface area contributed by atoms with Gasteiger partial charge in [0.15, 0.2) is 0 Å². The third-order valence-corrected chi connectivity index (χ3v) is 6.63. The van der Waals surface area contributed by atoms with E-state index in [2.05, 4.69) is 0 Å². The fraction of sp³-hybridized carbons (Fsp3) is 0.222. The first kappa shape index (κ1) is 17.4. The topological polar surface area (TPSA) is 40.6 Å². The van der Waals surface area contributed by atoms with Gasteiger partial charge in [0.05, 0.1) is 11.5 Å². The van der Waals surface area contributed by atoms with Crippen LogP contribution in [0.4, 0.5) is 8.78 Å². The second-order valence-electron chi connectivity index (χ2n) is 5.85. The summed E-state index contributed by atoms with van der Waals surface area (Å²) in [6, 6.07) is 12.4. The Bertz CT molecular complexity index is 808. The molecule has 134 valence electrons. The zero-order valence-corrected chi connectivity index (χ0v) is 15.1. The molecule has 2 aromatic carbocycles. The smallest absolute Gasteiger partial charge is 0.252 e. The zero-order valence-electron chi connectivity index (χ0n) is 13.5. The molecular weight excluding hydrogens is 378 g/mol. The van der Waals surface area contributed by atoms with Crippen molar-refractivity contribution < 1.29 is 18.4 Å². The highest BCUT2D eigenvalue weighted by Crippen LogP contribution is 2.48. The van der Waals surface area contributed by atoms with Crippen LogP contribution in [-0.2, 0) is 9.59 Å². The van der Waals surface area contributed by atoms with Gasteiger partial charge in [-0.1, -0.05) is 36.4 Å². The molecule has 2 aromatic rings. The molecule has 0 aromatic heterocycles. The first-order valence-corrected chi connectivity index (χ1v) is 10.0. The van der Waals surface area contributed by atoms with Crippen molar-refractivity contribution in [2.75, 3.05) is 11.5 Å². The maximum atomic E-state index is 14.3. The van der Waals surface area contributed by atoms with E-state index in [1.807, 2.05) is 0 Å². The van der Waals surface area contributed by atoms with Crippen LogP contribution in [0.3, 0.4) is 0 Å². The van der Waals surface area contributed by atoms with Gasteiger partial charge in [-0.25, -0.2) is 18.8 Å². The summed E-state index contributed by atoms with van der Waals surface area (Å²) < 4.78 is 28.6. The number of thioether (sulfide) groups is 2. The lowest BCUT2D eigenvalue weighted by atomic mass is 10.2. The van der Waals surface area contributed by atoms with Crippen molar-refractivity contribution >= 4 is 35.3 Å². The quantitative estimate of drug-likeness (QED) is 0.798. The second kappa shape index (κ2) is 6.92. The Balaban J connectivity index is 1.75. The highest BCUT2D eigenvalue weighted by atomic mass is 32.2. The number of carbonyl (C=O) groups excluding carboxylic acids is 2. The Hall–Kier alpha value is -2.06. The number of halogens is 2. The van der Waals surface area contributed by atoms with Crippen molar-refractivity contribution in [3.63, 3.8) is 0 Å². The summed E-state index contributed by atoms with van der Waals surface area (Å²) in [6.45, 7) is 0. The summed E-state index contributed by atoms with van der Waals surface area (Å²) in [5, 5.41) is 1.28. The average Bonchev–Trinajstić information content (AvgIpc) is 3.18. The van der Waals surface area contributed by atoms with Gasteiger partial charge in [0.25, 0.3) is 11.8 Å². The number of nitrogens with zero attached hydrogens (tertiary/aromatic N) is 2. The standard InChI is InChI=1S/C18H14F2N2O2S2/c19-13-7-3-1-5-11(13)17-21(15(23)9-25-17)22-16(24)10-26-18(22)12-6-2-4-8-14(12)20/h1-8,17-18H,9-10H2/t17-,18-/m0/s1. The largest absolute Gasteiger partial charge is 0.272 e. The van der Waals surface area contributed by atoms with Crippen molar-refractivity contribution in [3.05, 3.63) is 71.3 Å². The molecule has 2 fully saturated rings. The van der Waals surface area contributed by atoms with Gasteiger partial charge < -0.3 is 0 Å². The summed E-state index contributed by atoms with van der Waals surface area (Å²) in [6.07, 6.45) is 0. The van der Waals surface area contributed by atoms with E-state index in [9.17, 15) is 18.4 Å². The Morgan fingerprint density at radius 1 is 0.731 bits per heavy atom. The molecule has 2 amide bonds. The number of hydrogen-bond acceptors (Lipinski definition) is 4. The monoisotopic (exact) mass is 392 g/mol. The Morgan fingerprint density at radius 2 is 1.12 bits per heavy atom. The van der Waals surface area contributed by atoms with E-state index in [1.54, 1.807) is 36.4 Å². The molecule has 0 saturated carbocycles. The molecule has 2 atom stereocenters. The number of amides is 2. The Labute approximate surface area is 157 Å². The van der Waals surface area contributed by atoms with Gasteiger partial charge in [0.2, 0.25) is 0 Å². The van der Waals surface area contributed by atoms with Crippen LogP contribution in [0.15, 0.2) is 48.5 Å². The lowest BCUT2D eigenvalue weighted by Gasteiger charge is -2.36. The third-order valence-electron chi connectivity index (χ3n) is 4.26. The van der Waals surface area contributed by atoms with E-state index in [1.165, 1.54) is 45.7 Å². The Kier molecular flexibility index (Phi) is 4.62. The van der Waals surface area contributed by atoms with Gasteiger partial charge in [-0.15, -0.1) is 23.5 Å². The van der Waals surface area contributed by atoms with Gasteiger partial charge in [-0.2, -0.15) is 0 Å². The van der Waals surface area contributed by atoms with Crippen LogP contribution in [-0.4, -0.2) is 33.3 Å². The van der Waals surface area contributed by atoms with E-state index in [4.69, 9.17) is 0 Å². The van der Waals surface area contributed by atoms with Gasteiger partial charge in [0, 0.05) is 11.1 Å². The molecule has 4 nitrogen and oxygen atoms in total. The molecule has 0 aliphatic carbocycles. The minimum atomic E-state index is -0.652. The summed E-state index contributed by atoms with van der Waals surface area (Å²) in [7, 11) is 0. The number of rotatable bonds is 3. The molecule has 2 aliphatic rings. The van der Waals surface area contributed by atoms with Crippen molar-refractivity contribution in [3.8, 4) is 0 Å². The lowest BCUT2D eigenvalue weighted by molar-refractivity contribution is -0.161. The van der Waals surface area contributed by atoms with E-state index in [-0.39, 0.29) is 23.3 Å². The van der Waals surface area contributed by atoms with E-state index < -0.39 is 22.4 Å². The number of carbonyl (C=O) groups is 2. The fourth-order valence-electron chi connectivity index (χ4n) is 3.10. The summed E-state index contributed by atoms with van der Waals surface area (Å²) in [5.74, 6) is -1.19. The normalized spacial score (nSPS) is 23.2. The predicted molar refractivity (Wildman–Crippen MR) is 96.9 cm³/mol. The fourth-order valence-corrected chi connectivity index (χ4v) is 5.42. The minimum absolute atomic E-state index is 0.136. The highest BCUT2D eigenvalue weighted by molar-refractivity contribution is 8.01. The Morgan fingerprint density at radius 3 is 1.50 bits per heavy atom. The van der Waals surface area contributed by atoms with Crippen LogP contribution in [0.5, 0.6) is 0 Å². The first-order chi connectivity index (χ1) is 12.6. The lowest BCUT2D eigenvalue weighted by Crippen LogP contribution is -2.47. The summed E-state index contributed by atoms with van der Waals surface area (Å²) in [4.78, 5) is 25.1. The SMILES string of the molecule is O=C1CS[C@@H](c2ccccc2F)N1N1C(=O)CS[C@H]1c1ccccc1F. The van der Waals surface area contributed by atoms with E-state index >= 15 is 0 Å². The van der Waals surface area contributed by atoms with Gasteiger partial charge in [-0.3, -0.25) is 9.59 Å². The van der Waals surface area contributed by atoms with Gasteiger partial charge in [-0.05, 0) is 12.1 Å². The highest BCUT2D eigenvalue weighted by Gasteiger charge is 2.46. The molecule has 4 rings (SSSR count). The maximum absolute atomic E-state index is 14.3. The molecule has 2 saturated heterocycles. The van der Waals surface area contributed by atoms with Crippen molar-refractivity contribution in [2.45, 2.75) is 10.7 Å². The molecule has 2 heterocycles. The summed E-state index contributed by atoms with van der Waals surface area (Å²) in [5.41, 5.74) is 0.667. The maximum Gasteiger partial charge on any atom is 0.252 e. The van der Waals surface area contributed by atoms with Crippen molar-refractivity contribution in [1.29, 1.82) is 0 Å². The molecule has 0 unspecified atom stereocenters. The number of hydrazine groups is 1. The van der Waals surface area contributed by atoms with Crippen molar-refractivity contribution in [2.24, 2.45) is 0 Å². The second-order valence-corrected chi connectivity index (χ2v) is 7.98. The van der Waals surface area contributed by atoms with Gasteiger partial charge >= 0.3 is 0 Å². The molecule has 2 aliphatic heterocycles. The molecule has 0 N–H and O–H groups in total. The number of benzene rings is 2. The van der Waals surface area contributed by atoms with Crippen LogP contribution >= 0.6 is 23.5 Å². The van der Waals surface area contributed by atoms with E-state index in [0.29, 0.717) is 11.1 Å². The van der Waals surface area contributed by atoms with E-state index in [0.717, 1.165) is 0 Å². The molecule has 0 bridgehead atoms. The third kappa shape index (κ3) is 2.87.